The smallest absolute Gasteiger partial charge is 0.270 e. The van der Waals surface area contributed by atoms with Gasteiger partial charge in [-0.15, -0.1) is 5.01 Å². The fraction of sp³-hybridized carbons (Fsp3) is 0.455. The zero-order valence-corrected chi connectivity index (χ0v) is 11.2. The van der Waals surface area contributed by atoms with Crippen molar-refractivity contribution in [2.75, 3.05) is 13.1 Å². The summed E-state index contributed by atoms with van der Waals surface area (Å²) in [4.78, 5) is 15.1. The number of nitrogens with zero attached hydrogens (tertiary/aromatic N) is 4. The van der Waals surface area contributed by atoms with Crippen molar-refractivity contribution < 1.29 is 19.8 Å². The van der Waals surface area contributed by atoms with E-state index in [1.807, 2.05) is 0 Å². The van der Waals surface area contributed by atoms with E-state index >= 15 is 0 Å². The van der Waals surface area contributed by atoms with Crippen molar-refractivity contribution in [1.29, 1.82) is 0 Å². The van der Waals surface area contributed by atoms with Gasteiger partial charge in [-0.25, -0.2) is 0 Å². The van der Waals surface area contributed by atoms with Crippen molar-refractivity contribution in [3.8, 4) is 5.75 Å². The van der Waals surface area contributed by atoms with Crippen LogP contribution in [0.3, 0.4) is 0 Å². The molecule has 9 heteroatoms. The zero-order chi connectivity index (χ0) is 15.1. The van der Waals surface area contributed by atoms with Crippen LogP contribution in [0.2, 0.25) is 0 Å². The van der Waals surface area contributed by atoms with Gasteiger partial charge in [0.25, 0.3) is 5.69 Å². The molecule has 0 spiro atoms. The Hall–Kier alpha value is -2.58. The third-order valence-corrected chi connectivity index (χ3v) is 2.59. The van der Waals surface area contributed by atoms with Gasteiger partial charge in [-0.05, 0) is 19.9 Å². The average Bonchev–Trinajstić information content (AvgIpc) is 2.42. The van der Waals surface area contributed by atoms with Gasteiger partial charge in [0, 0.05) is 17.7 Å². The van der Waals surface area contributed by atoms with Crippen molar-refractivity contribution in [3.05, 3.63) is 39.1 Å². The number of phenols is 1. The topological polar surface area (TPSA) is 114 Å². The number of phenolic OH excluding ortho intramolecular Hbond substituents is 1. The molecule has 1 rings (SSSR count). The molecule has 0 aliphatic rings. The maximum Gasteiger partial charge on any atom is 0.270 e. The third kappa shape index (κ3) is 3.97. The number of hydrogen-bond acceptors (Lipinski definition) is 6. The minimum atomic E-state index is -0.587. The fourth-order valence-corrected chi connectivity index (χ4v) is 1.47. The van der Waals surface area contributed by atoms with Crippen LogP contribution in [-0.4, -0.2) is 33.1 Å². The molecule has 0 fully saturated rings. The monoisotopic (exact) mass is 284 g/mol. The van der Waals surface area contributed by atoms with Crippen molar-refractivity contribution in [2.24, 2.45) is 5.28 Å². The minimum absolute atomic E-state index is 0.161. The summed E-state index contributed by atoms with van der Waals surface area (Å²) in [5.74, 6) is -0.161. The van der Waals surface area contributed by atoms with Crippen molar-refractivity contribution in [2.45, 2.75) is 20.5 Å². The van der Waals surface area contributed by atoms with E-state index in [4.69, 9.17) is 4.84 Å². The molecule has 0 saturated heterocycles. The molecular formula is C11H16N4O5. The SMILES string of the molecule is CCN(CC)/[N+]([O-])=N/OCc1cc([N+](=O)[O-])ccc1O. The van der Waals surface area contributed by atoms with Gasteiger partial charge in [0.1, 0.15) is 5.75 Å². The number of aromatic hydroxyl groups is 1. The van der Waals surface area contributed by atoms with E-state index in [0.29, 0.717) is 18.1 Å². The normalized spacial score (nSPS) is 11.2. The van der Waals surface area contributed by atoms with Gasteiger partial charge in [-0.3, -0.25) is 10.1 Å². The van der Waals surface area contributed by atoms with Gasteiger partial charge in [0.15, 0.2) is 6.61 Å². The second-order valence-corrected chi connectivity index (χ2v) is 3.82. The molecule has 0 aliphatic carbocycles. The van der Waals surface area contributed by atoms with E-state index in [1.165, 1.54) is 17.1 Å². The molecule has 1 aromatic carbocycles. The molecule has 0 heterocycles. The average molecular weight is 284 g/mol. The van der Waals surface area contributed by atoms with Crippen molar-refractivity contribution in [1.82, 2.24) is 5.01 Å². The molecule has 0 amide bonds. The zero-order valence-electron chi connectivity index (χ0n) is 11.2. The number of nitro groups is 1. The molecule has 0 aromatic heterocycles. The molecule has 1 N–H and O–H groups in total. The Morgan fingerprint density at radius 3 is 2.55 bits per heavy atom. The maximum atomic E-state index is 11.4. The van der Waals surface area contributed by atoms with E-state index in [-0.39, 0.29) is 23.6 Å². The van der Waals surface area contributed by atoms with Gasteiger partial charge in [0.05, 0.1) is 23.0 Å². The van der Waals surface area contributed by atoms with E-state index < -0.39 is 4.92 Å². The molecule has 0 atom stereocenters. The first kappa shape index (κ1) is 15.5. The Labute approximate surface area is 115 Å². The first-order chi connectivity index (χ1) is 9.49. The highest BCUT2D eigenvalue weighted by Crippen LogP contribution is 2.23. The first-order valence-electron chi connectivity index (χ1n) is 6.00. The summed E-state index contributed by atoms with van der Waals surface area (Å²) in [7, 11) is 0. The molecule has 0 bridgehead atoms. The van der Waals surface area contributed by atoms with E-state index in [9.17, 15) is 20.4 Å². The van der Waals surface area contributed by atoms with E-state index in [2.05, 4.69) is 5.28 Å². The second kappa shape index (κ2) is 7.12. The van der Waals surface area contributed by atoms with Gasteiger partial charge in [0.2, 0.25) is 5.28 Å². The van der Waals surface area contributed by atoms with Gasteiger partial charge >= 0.3 is 0 Å². The summed E-state index contributed by atoms with van der Waals surface area (Å²) in [5.41, 5.74) is 0.0000180. The maximum absolute atomic E-state index is 11.4. The molecule has 9 nitrogen and oxygen atoms in total. The van der Waals surface area contributed by atoms with Crippen LogP contribution in [0.1, 0.15) is 19.4 Å². The van der Waals surface area contributed by atoms with Crippen LogP contribution in [0, 0.1) is 15.3 Å². The lowest BCUT2D eigenvalue weighted by Gasteiger charge is -2.13. The van der Waals surface area contributed by atoms with Crippen molar-refractivity contribution in [3.63, 3.8) is 0 Å². The second-order valence-electron chi connectivity index (χ2n) is 3.82. The van der Waals surface area contributed by atoms with Crippen molar-refractivity contribution >= 4 is 5.69 Å². The third-order valence-electron chi connectivity index (χ3n) is 2.59. The minimum Gasteiger partial charge on any atom is -0.569 e. The Balaban J connectivity index is 2.72. The number of rotatable bonds is 7. The largest absolute Gasteiger partial charge is 0.569 e. The molecule has 110 valence electrons. The van der Waals surface area contributed by atoms with Gasteiger partial charge < -0.3 is 15.2 Å². The van der Waals surface area contributed by atoms with E-state index in [0.717, 1.165) is 6.07 Å². The first-order valence-corrected chi connectivity index (χ1v) is 6.00. The summed E-state index contributed by atoms with van der Waals surface area (Å²) >= 11 is 0. The molecule has 0 saturated carbocycles. The van der Waals surface area contributed by atoms with Crippen LogP contribution in [0.4, 0.5) is 5.69 Å². The standard InChI is InChI=1S/C11H16N4O5/c1-3-13(4-2)15(19)12-20-8-9-7-10(14(17)18)5-6-11(9)16/h5-7,16H,3-4,8H2,1-2H3/b15-12-. The summed E-state index contributed by atoms with van der Waals surface area (Å²) in [6.07, 6.45) is 0. The summed E-state index contributed by atoms with van der Waals surface area (Å²) in [6.45, 7) is 4.27. The highest BCUT2D eigenvalue weighted by atomic mass is 16.7. The molecule has 0 radical (unpaired) electrons. The summed E-state index contributed by atoms with van der Waals surface area (Å²) in [6, 6.07) is 3.53. The molecule has 0 unspecified atom stereocenters. The van der Waals surface area contributed by atoms with Crippen LogP contribution >= 0.6 is 0 Å². The van der Waals surface area contributed by atoms with E-state index in [1.54, 1.807) is 13.8 Å². The molecule has 0 aliphatic heterocycles. The lowest BCUT2D eigenvalue weighted by Crippen LogP contribution is -2.30. The Morgan fingerprint density at radius 2 is 2.00 bits per heavy atom. The number of nitro benzene ring substituents is 1. The van der Waals surface area contributed by atoms with Crippen LogP contribution < -0.4 is 0 Å². The molecule has 1 aromatic rings. The Morgan fingerprint density at radius 1 is 1.35 bits per heavy atom. The Bertz CT molecular complexity index is 502. The highest BCUT2D eigenvalue weighted by molar-refractivity contribution is 5.42. The number of benzene rings is 1. The fourth-order valence-electron chi connectivity index (χ4n) is 1.47. The number of hydrazine groups is 1. The van der Waals surface area contributed by atoms with Crippen LogP contribution in [0.5, 0.6) is 5.75 Å². The summed E-state index contributed by atoms with van der Waals surface area (Å²) < 4.78 is 0. The lowest BCUT2D eigenvalue weighted by atomic mass is 10.2. The summed E-state index contributed by atoms with van der Waals surface area (Å²) in [5, 5.41) is 36.2. The predicted octanol–water partition coefficient (Wildman–Crippen LogP) is 1.95. The Kier molecular flexibility index (Phi) is 5.51. The molecular weight excluding hydrogens is 268 g/mol. The highest BCUT2D eigenvalue weighted by Gasteiger charge is 2.12. The predicted molar refractivity (Wildman–Crippen MR) is 68.5 cm³/mol. The lowest BCUT2D eigenvalue weighted by molar-refractivity contribution is -0.710. The number of hydrogen-bond donors (Lipinski definition) is 1. The quantitative estimate of drug-likeness (QED) is 0.354. The molecule has 20 heavy (non-hydrogen) atoms. The van der Waals surface area contributed by atoms with Crippen LogP contribution in [0.15, 0.2) is 23.5 Å². The number of non-ortho nitro benzene ring substituents is 1. The van der Waals surface area contributed by atoms with Gasteiger partial charge in [-0.1, -0.05) is 0 Å². The van der Waals surface area contributed by atoms with Crippen LogP contribution in [0.25, 0.3) is 0 Å². The van der Waals surface area contributed by atoms with Gasteiger partial charge in [-0.2, -0.15) is 0 Å². The van der Waals surface area contributed by atoms with Crippen LogP contribution in [-0.2, 0) is 11.4 Å².